The molecule has 4 rings (SSSR count). The Labute approximate surface area is 159 Å². The molecule has 5 heteroatoms. The number of hydrogen-bond donors (Lipinski definition) is 1. The van der Waals surface area contributed by atoms with Crippen molar-refractivity contribution in [2.24, 2.45) is 0 Å². The van der Waals surface area contributed by atoms with Crippen LogP contribution in [0.3, 0.4) is 0 Å². The maximum atomic E-state index is 12.4. The van der Waals surface area contributed by atoms with Crippen LogP contribution in [-0.4, -0.2) is 20.7 Å². The van der Waals surface area contributed by atoms with Crippen molar-refractivity contribution in [1.29, 1.82) is 0 Å². The standard InChI is InChI=1S/C22H24N4O/c1-2-16-7-9-18(10-8-16)22(27)23-19-13-11-17(12-14-19)21-25-24-20-6-4-3-5-15-26(20)21/h7-14H,2-6,15H2,1H3,(H,23,27). The van der Waals surface area contributed by atoms with Gasteiger partial charge in [0, 0.05) is 29.8 Å². The number of anilines is 1. The fraction of sp³-hybridized carbons (Fsp3) is 0.318. The lowest BCUT2D eigenvalue weighted by Crippen LogP contribution is -2.11. The highest BCUT2D eigenvalue weighted by Gasteiger charge is 2.16. The molecule has 2 aromatic carbocycles. The van der Waals surface area contributed by atoms with Crippen LogP contribution in [0.1, 0.15) is 47.9 Å². The second-order valence-electron chi connectivity index (χ2n) is 6.98. The molecule has 2 heterocycles. The van der Waals surface area contributed by atoms with Gasteiger partial charge in [0.1, 0.15) is 5.82 Å². The molecule has 0 radical (unpaired) electrons. The van der Waals surface area contributed by atoms with Crippen molar-refractivity contribution in [1.82, 2.24) is 14.8 Å². The van der Waals surface area contributed by atoms with Gasteiger partial charge in [-0.25, -0.2) is 0 Å². The van der Waals surface area contributed by atoms with Crippen molar-refractivity contribution < 1.29 is 4.79 Å². The first-order chi connectivity index (χ1) is 13.2. The largest absolute Gasteiger partial charge is 0.322 e. The summed E-state index contributed by atoms with van der Waals surface area (Å²) in [6, 6.07) is 15.6. The van der Waals surface area contributed by atoms with Crippen LogP contribution in [0.5, 0.6) is 0 Å². The minimum atomic E-state index is -0.0956. The molecule has 27 heavy (non-hydrogen) atoms. The van der Waals surface area contributed by atoms with Crippen LogP contribution >= 0.6 is 0 Å². The summed E-state index contributed by atoms with van der Waals surface area (Å²) >= 11 is 0. The summed E-state index contributed by atoms with van der Waals surface area (Å²) in [5.41, 5.74) is 3.70. The summed E-state index contributed by atoms with van der Waals surface area (Å²) in [6.07, 6.45) is 5.56. The van der Waals surface area contributed by atoms with Gasteiger partial charge in [-0.1, -0.05) is 25.5 Å². The lowest BCUT2D eigenvalue weighted by atomic mass is 10.1. The Morgan fingerprint density at radius 3 is 2.52 bits per heavy atom. The third-order valence-corrected chi connectivity index (χ3v) is 5.13. The smallest absolute Gasteiger partial charge is 0.255 e. The Hall–Kier alpha value is -2.95. The Bertz CT molecular complexity index is 926. The average molecular weight is 360 g/mol. The highest BCUT2D eigenvalue weighted by molar-refractivity contribution is 6.04. The summed E-state index contributed by atoms with van der Waals surface area (Å²) in [5, 5.41) is 11.7. The molecule has 0 saturated heterocycles. The van der Waals surface area contributed by atoms with Crippen molar-refractivity contribution in [2.75, 3.05) is 5.32 Å². The first kappa shape index (κ1) is 17.5. The van der Waals surface area contributed by atoms with Gasteiger partial charge in [0.05, 0.1) is 0 Å². The molecule has 0 atom stereocenters. The molecule has 1 amide bonds. The molecule has 3 aromatic rings. The maximum Gasteiger partial charge on any atom is 0.255 e. The lowest BCUT2D eigenvalue weighted by molar-refractivity contribution is 0.102. The van der Waals surface area contributed by atoms with Crippen LogP contribution in [0.4, 0.5) is 5.69 Å². The van der Waals surface area contributed by atoms with Crippen LogP contribution in [0, 0.1) is 0 Å². The van der Waals surface area contributed by atoms with E-state index < -0.39 is 0 Å². The van der Waals surface area contributed by atoms with Gasteiger partial charge < -0.3 is 9.88 Å². The fourth-order valence-electron chi connectivity index (χ4n) is 3.50. The summed E-state index contributed by atoms with van der Waals surface area (Å²) in [7, 11) is 0. The quantitative estimate of drug-likeness (QED) is 0.746. The molecule has 0 saturated carbocycles. The molecular weight excluding hydrogens is 336 g/mol. The lowest BCUT2D eigenvalue weighted by Gasteiger charge is -2.09. The van der Waals surface area contributed by atoms with E-state index in [9.17, 15) is 4.79 Å². The number of rotatable bonds is 4. The topological polar surface area (TPSA) is 59.8 Å². The van der Waals surface area contributed by atoms with Gasteiger partial charge in [0.15, 0.2) is 5.82 Å². The van der Waals surface area contributed by atoms with Gasteiger partial charge in [0.25, 0.3) is 5.91 Å². The van der Waals surface area contributed by atoms with Crippen molar-refractivity contribution in [3.8, 4) is 11.4 Å². The zero-order chi connectivity index (χ0) is 18.6. The van der Waals surface area contributed by atoms with E-state index in [1.165, 1.54) is 24.8 Å². The minimum Gasteiger partial charge on any atom is -0.322 e. The van der Waals surface area contributed by atoms with Gasteiger partial charge in [-0.2, -0.15) is 0 Å². The average Bonchev–Trinajstić information content (AvgIpc) is 2.96. The molecule has 1 N–H and O–H groups in total. The molecule has 0 spiro atoms. The second kappa shape index (κ2) is 7.74. The summed E-state index contributed by atoms with van der Waals surface area (Å²) in [5.74, 6) is 1.90. The van der Waals surface area contributed by atoms with Gasteiger partial charge in [-0.15, -0.1) is 10.2 Å². The Morgan fingerprint density at radius 2 is 1.78 bits per heavy atom. The maximum absolute atomic E-state index is 12.4. The van der Waals surface area contributed by atoms with E-state index in [0.29, 0.717) is 5.56 Å². The van der Waals surface area contributed by atoms with Gasteiger partial charge >= 0.3 is 0 Å². The highest BCUT2D eigenvalue weighted by Crippen LogP contribution is 2.24. The Balaban J connectivity index is 1.49. The SMILES string of the molecule is CCc1ccc(C(=O)Nc2ccc(-c3nnc4n3CCCCC4)cc2)cc1. The molecular formula is C22H24N4O. The highest BCUT2D eigenvalue weighted by atomic mass is 16.1. The normalized spacial score (nSPS) is 13.7. The van der Waals surface area contributed by atoms with E-state index in [-0.39, 0.29) is 5.91 Å². The molecule has 0 unspecified atom stereocenters. The molecule has 1 aliphatic heterocycles. The number of fused-ring (bicyclic) bond motifs is 1. The minimum absolute atomic E-state index is 0.0956. The predicted molar refractivity (Wildman–Crippen MR) is 107 cm³/mol. The summed E-state index contributed by atoms with van der Waals surface area (Å²) < 4.78 is 2.23. The molecule has 138 valence electrons. The number of nitrogens with one attached hydrogen (secondary N) is 1. The first-order valence-corrected chi connectivity index (χ1v) is 9.67. The van der Waals surface area contributed by atoms with Crippen molar-refractivity contribution >= 4 is 11.6 Å². The van der Waals surface area contributed by atoms with Crippen LogP contribution in [0.25, 0.3) is 11.4 Å². The molecule has 1 aliphatic rings. The van der Waals surface area contributed by atoms with E-state index in [4.69, 9.17) is 0 Å². The Kier molecular flexibility index (Phi) is 5.01. The van der Waals surface area contributed by atoms with E-state index in [1.807, 2.05) is 48.5 Å². The van der Waals surface area contributed by atoms with Gasteiger partial charge in [-0.3, -0.25) is 4.79 Å². The number of carbonyl (C=O) groups is 1. The first-order valence-electron chi connectivity index (χ1n) is 9.67. The third-order valence-electron chi connectivity index (χ3n) is 5.13. The molecule has 1 aromatic heterocycles. The van der Waals surface area contributed by atoms with Crippen LogP contribution < -0.4 is 5.32 Å². The number of amides is 1. The number of aromatic nitrogens is 3. The Morgan fingerprint density at radius 1 is 1.00 bits per heavy atom. The molecule has 0 bridgehead atoms. The molecule has 0 fully saturated rings. The zero-order valence-corrected chi connectivity index (χ0v) is 15.6. The number of nitrogens with zero attached hydrogens (tertiary/aromatic N) is 3. The van der Waals surface area contributed by atoms with E-state index >= 15 is 0 Å². The predicted octanol–water partition coefficient (Wildman–Crippen LogP) is 4.49. The van der Waals surface area contributed by atoms with E-state index in [1.54, 1.807) is 0 Å². The zero-order valence-electron chi connectivity index (χ0n) is 15.6. The molecule has 5 nitrogen and oxygen atoms in total. The molecule has 0 aliphatic carbocycles. The van der Waals surface area contributed by atoms with Crippen molar-refractivity contribution in [3.05, 3.63) is 65.5 Å². The number of aryl methyl sites for hydroxylation is 2. The van der Waals surface area contributed by atoms with Gasteiger partial charge in [0.2, 0.25) is 0 Å². The summed E-state index contributed by atoms with van der Waals surface area (Å²) in [6.45, 7) is 3.08. The van der Waals surface area contributed by atoms with E-state index in [2.05, 4.69) is 27.0 Å². The number of hydrogen-bond acceptors (Lipinski definition) is 3. The van der Waals surface area contributed by atoms with E-state index in [0.717, 1.165) is 42.3 Å². The van der Waals surface area contributed by atoms with Crippen LogP contribution in [-0.2, 0) is 19.4 Å². The second-order valence-corrected chi connectivity index (χ2v) is 6.98. The third kappa shape index (κ3) is 3.77. The number of benzene rings is 2. The monoisotopic (exact) mass is 360 g/mol. The fourth-order valence-corrected chi connectivity index (χ4v) is 3.50. The van der Waals surface area contributed by atoms with Crippen LogP contribution in [0.2, 0.25) is 0 Å². The van der Waals surface area contributed by atoms with Crippen LogP contribution in [0.15, 0.2) is 48.5 Å². The van der Waals surface area contributed by atoms with Gasteiger partial charge in [-0.05, 0) is 61.2 Å². The number of carbonyl (C=O) groups excluding carboxylic acids is 1. The summed E-state index contributed by atoms with van der Waals surface area (Å²) in [4.78, 5) is 12.4. The van der Waals surface area contributed by atoms with Crippen molar-refractivity contribution in [2.45, 2.75) is 45.6 Å². The van der Waals surface area contributed by atoms with Crippen molar-refractivity contribution in [3.63, 3.8) is 0 Å².